The van der Waals surface area contributed by atoms with Gasteiger partial charge < -0.3 is 4.98 Å². The Labute approximate surface area is 128 Å². The fourth-order valence-electron chi connectivity index (χ4n) is 2.64. The predicted octanol–water partition coefficient (Wildman–Crippen LogP) is 4.09. The van der Waals surface area contributed by atoms with Gasteiger partial charge in [0.2, 0.25) is 0 Å². The van der Waals surface area contributed by atoms with Gasteiger partial charge in [-0.1, -0.05) is 36.4 Å². The van der Waals surface area contributed by atoms with Crippen LogP contribution in [0.3, 0.4) is 0 Å². The monoisotopic (exact) mass is 288 g/mol. The van der Waals surface area contributed by atoms with Gasteiger partial charge in [-0.25, -0.2) is 0 Å². The van der Waals surface area contributed by atoms with Crippen molar-refractivity contribution in [2.45, 2.75) is 6.17 Å². The Hall–Kier alpha value is -3.01. The van der Waals surface area contributed by atoms with Crippen LogP contribution < -0.4 is 5.43 Å². The Kier molecular flexibility index (Phi) is 3.12. The molecule has 1 aromatic heterocycles. The summed E-state index contributed by atoms with van der Waals surface area (Å²) in [6.45, 7) is 0. The van der Waals surface area contributed by atoms with Gasteiger partial charge in [-0.2, -0.15) is 0 Å². The van der Waals surface area contributed by atoms with Gasteiger partial charge in [-0.05, 0) is 35.7 Å². The van der Waals surface area contributed by atoms with E-state index >= 15 is 0 Å². The van der Waals surface area contributed by atoms with E-state index in [0.29, 0.717) is 0 Å². The summed E-state index contributed by atoms with van der Waals surface area (Å²) < 4.78 is 0. The van der Waals surface area contributed by atoms with Crippen LogP contribution in [0.4, 0.5) is 5.69 Å². The van der Waals surface area contributed by atoms with Crippen molar-refractivity contribution < 1.29 is 0 Å². The highest BCUT2D eigenvalue weighted by atomic mass is 15.5. The van der Waals surface area contributed by atoms with Gasteiger partial charge in [0.05, 0.1) is 11.4 Å². The number of hydrogen-bond donors (Lipinski definition) is 2. The normalized spacial score (nSPS) is 17.1. The number of nitrogens with one attached hydrogen (secondary N) is 2. The van der Waals surface area contributed by atoms with Gasteiger partial charge >= 0.3 is 0 Å². The molecule has 108 valence electrons. The van der Waals surface area contributed by atoms with Crippen molar-refractivity contribution in [3.05, 3.63) is 78.6 Å². The number of benzene rings is 2. The maximum atomic E-state index is 4.59. The summed E-state index contributed by atoms with van der Waals surface area (Å²) in [5.41, 5.74) is 6.61. The summed E-state index contributed by atoms with van der Waals surface area (Å²) in [4.78, 5) is 8.04. The minimum absolute atomic E-state index is 0.113. The molecule has 2 heterocycles. The molecule has 0 radical (unpaired) electrons. The molecule has 0 saturated carbocycles. The van der Waals surface area contributed by atoms with Crippen molar-refractivity contribution in [2.75, 3.05) is 5.43 Å². The van der Waals surface area contributed by atoms with Crippen molar-refractivity contribution in [1.29, 1.82) is 0 Å². The number of hydrazine groups is 1. The lowest BCUT2D eigenvalue weighted by Gasteiger charge is -2.30. The molecule has 2 aromatic carbocycles. The van der Waals surface area contributed by atoms with Crippen molar-refractivity contribution in [3.8, 4) is 0 Å². The maximum Gasteiger partial charge on any atom is 0.179 e. The number of para-hydroxylation sites is 2. The van der Waals surface area contributed by atoms with E-state index in [-0.39, 0.29) is 6.17 Å². The molecule has 22 heavy (non-hydrogen) atoms. The lowest BCUT2D eigenvalue weighted by atomic mass is 10.2. The third-order valence-electron chi connectivity index (χ3n) is 3.68. The second-order valence-corrected chi connectivity index (χ2v) is 5.21. The number of allylic oxidation sites excluding steroid dienone is 1. The van der Waals surface area contributed by atoms with Crippen LogP contribution in [0.25, 0.3) is 10.9 Å². The summed E-state index contributed by atoms with van der Waals surface area (Å²) in [5.74, 6) is 0. The minimum Gasteiger partial charge on any atom is -0.355 e. The Morgan fingerprint density at radius 3 is 2.68 bits per heavy atom. The summed E-state index contributed by atoms with van der Waals surface area (Å²) in [5, 5.41) is 3.20. The molecule has 4 nitrogen and oxygen atoms in total. The molecule has 0 bridgehead atoms. The van der Waals surface area contributed by atoms with Crippen LogP contribution >= 0.6 is 0 Å². The van der Waals surface area contributed by atoms with E-state index in [1.54, 1.807) is 0 Å². The zero-order chi connectivity index (χ0) is 14.8. The molecule has 0 aliphatic carbocycles. The molecule has 1 unspecified atom stereocenters. The number of anilines is 1. The third kappa shape index (κ3) is 2.35. The van der Waals surface area contributed by atoms with Crippen molar-refractivity contribution in [2.24, 2.45) is 4.99 Å². The molecule has 0 fully saturated rings. The Bertz CT molecular complexity index is 799. The predicted molar refractivity (Wildman–Crippen MR) is 90.6 cm³/mol. The maximum absolute atomic E-state index is 4.59. The standard InChI is InChI=1S/C18H16N4/c1-2-8-15(9-3-1)21-22-12-6-11-19-18(22)17-13-14-7-4-5-10-16(14)20-17/h1-13,18,20-21H. The first-order valence-electron chi connectivity index (χ1n) is 7.28. The lowest BCUT2D eigenvalue weighted by Crippen LogP contribution is -2.30. The number of H-pyrrole nitrogens is 1. The molecule has 1 aliphatic heterocycles. The lowest BCUT2D eigenvalue weighted by molar-refractivity contribution is 0.335. The second-order valence-electron chi connectivity index (χ2n) is 5.21. The van der Waals surface area contributed by atoms with Crippen LogP contribution in [-0.4, -0.2) is 16.2 Å². The highest BCUT2D eigenvalue weighted by Gasteiger charge is 2.20. The summed E-state index contributed by atoms with van der Waals surface area (Å²) >= 11 is 0. The highest BCUT2D eigenvalue weighted by Crippen LogP contribution is 2.27. The number of rotatable bonds is 3. The van der Waals surface area contributed by atoms with Gasteiger partial charge in [-0.3, -0.25) is 15.4 Å². The van der Waals surface area contributed by atoms with Gasteiger partial charge in [0, 0.05) is 17.9 Å². The van der Waals surface area contributed by atoms with Crippen molar-refractivity contribution >= 4 is 22.8 Å². The largest absolute Gasteiger partial charge is 0.355 e. The fraction of sp³-hybridized carbons (Fsp3) is 0.0556. The van der Waals surface area contributed by atoms with Gasteiger partial charge in [0.15, 0.2) is 6.17 Å². The summed E-state index contributed by atoms with van der Waals surface area (Å²) in [6, 6.07) is 20.5. The molecule has 1 aliphatic rings. The van der Waals surface area contributed by atoms with Crippen LogP contribution in [0, 0.1) is 0 Å². The Morgan fingerprint density at radius 2 is 1.82 bits per heavy atom. The van der Waals surface area contributed by atoms with E-state index in [0.717, 1.165) is 16.9 Å². The number of fused-ring (bicyclic) bond motifs is 1. The van der Waals surface area contributed by atoms with Crippen LogP contribution in [0.2, 0.25) is 0 Å². The minimum atomic E-state index is -0.113. The van der Waals surface area contributed by atoms with Gasteiger partial charge in [0.1, 0.15) is 0 Å². The number of aromatic nitrogens is 1. The van der Waals surface area contributed by atoms with Crippen molar-refractivity contribution in [3.63, 3.8) is 0 Å². The summed E-state index contributed by atoms with van der Waals surface area (Å²) in [6.07, 6.45) is 5.64. The van der Waals surface area contributed by atoms with Crippen LogP contribution in [-0.2, 0) is 0 Å². The van der Waals surface area contributed by atoms with E-state index in [2.05, 4.69) is 33.6 Å². The molecular weight excluding hydrogens is 272 g/mol. The molecule has 4 heteroatoms. The average molecular weight is 288 g/mol. The van der Waals surface area contributed by atoms with Crippen LogP contribution in [0.15, 0.2) is 77.9 Å². The van der Waals surface area contributed by atoms with E-state index in [1.807, 2.05) is 66.0 Å². The fourth-order valence-corrected chi connectivity index (χ4v) is 2.64. The van der Waals surface area contributed by atoms with Gasteiger partial charge in [-0.15, -0.1) is 0 Å². The van der Waals surface area contributed by atoms with Crippen LogP contribution in [0.1, 0.15) is 11.9 Å². The molecule has 0 saturated heterocycles. The van der Waals surface area contributed by atoms with Crippen LogP contribution in [0.5, 0.6) is 0 Å². The second kappa shape index (κ2) is 5.41. The first-order chi connectivity index (χ1) is 10.9. The molecule has 4 rings (SSSR count). The molecule has 1 atom stereocenters. The molecule has 2 N–H and O–H groups in total. The summed E-state index contributed by atoms with van der Waals surface area (Å²) in [7, 11) is 0. The Morgan fingerprint density at radius 1 is 1.00 bits per heavy atom. The van der Waals surface area contributed by atoms with E-state index in [9.17, 15) is 0 Å². The number of hydrogen-bond acceptors (Lipinski definition) is 3. The number of nitrogens with zero attached hydrogens (tertiary/aromatic N) is 2. The molecule has 0 spiro atoms. The first kappa shape index (κ1) is 12.7. The smallest absolute Gasteiger partial charge is 0.179 e. The topological polar surface area (TPSA) is 43.4 Å². The van der Waals surface area contributed by atoms with Gasteiger partial charge in [0.25, 0.3) is 0 Å². The quantitative estimate of drug-likeness (QED) is 0.762. The SMILES string of the molecule is C1=CN(Nc2ccccc2)C(c2cc3ccccc3[nH]2)N=C1. The zero-order valence-electron chi connectivity index (χ0n) is 12.0. The van der Waals surface area contributed by atoms with E-state index in [1.165, 1.54) is 5.39 Å². The average Bonchev–Trinajstić information content (AvgIpc) is 3.00. The molecule has 3 aromatic rings. The van der Waals surface area contributed by atoms with Crippen molar-refractivity contribution in [1.82, 2.24) is 9.99 Å². The third-order valence-corrected chi connectivity index (χ3v) is 3.68. The molecule has 0 amide bonds. The van der Waals surface area contributed by atoms with E-state index < -0.39 is 0 Å². The highest BCUT2D eigenvalue weighted by molar-refractivity contribution is 5.80. The first-order valence-corrected chi connectivity index (χ1v) is 7.28. The van der Waals surface area contributed by atoms with E-state index in [4.69, 9.17) is 0 Å². The Balaban J connectivity index is 1.66. The number of aliphatic imine (C=N–C) groups is 1. The molecular formula is C18H16N4. The number of aromatic amines is 1. The zero-order valence-corrected chi connectivity index (χ0v) is 12.0.